The van der Waals surface area contributed by atoms with Crippen LogP contribution in [0.25, 0.3) is 21.8 Å². The lowest BCUT2D eigenvalue weighted by molar-refractivity contribution is -0.132. The highest BCUT2D eigenvalue weighted by molar-refractivity contribution is 6.07. The summed E-state index contributed by atoms with van der Waals surface area (Å²) < 4.78 is 3.43. The maximum absolute atomic E-state index is 12.7. The van der Waals surface area contributed by atoms with E-state index in [1.807, 2.05) is 29.2 Å². The first-order valence-electron chi connectivity index (χ1n) is 9.38. The third kappa shape index (κ3) is 2.89. The number of aryl methyl sites for hydroxylation is 2. The zero-order valence-electron chi connectivity index (χ0n) is 15.1. The molecule has 1 saturated heterocycles. The molecule has 136 valence electrons. The van der Waals surface area contributed by atoms with Crippen LogP contribution in [0.3, 0.4) is 0 Å². The number of aromatic nitrogens is 3. The summed E-state index contributed by atoms with van der Waals surface area (Å²) in [6, 6.07) is 8.01. The van der Waals surface area contributed by atoms with E-state index in [9.17, 15) is 9.59 Å². The van der Waals surface area contributed by atoms with Crippen molar-refractivity contribution >= 4 is 27.7 Å². The third-order valence-corrected chi connectivity index (χ3v) is 5.35. The molecular weight excluding hydrogens is 328 g/mol. The summed E-state index contributed by atoms with van der Waals surface area (Å²) in [6.07, 6.45) is 6.47. The number of piperidine rings is 1. The largest absolute Gasteiger partial charge is 0.343 e. The van der Waals surface area contributed by atoms with E-state index in [0.717, 1.165) is 48.6 Å². The van der Waals surface area contributed by atoms with Gasteiger partial charge < -0.3 is 9.47 Å². The molecule has 6 heteroatoms. The summed E-state index contributed by atoms with van der Waals surface area (Å²) in [5.74, 6) is 0.236. The molecule has 1 amide bonds. The molecule has 1 aliphatic rings. The first-order chi connectivity index (χ1) is 12.7. The standard InChI is InChI=1S/C20H24N4O2/c1-22-20(26)19-16(14-21-22)15-8-3-4-9-17(15)24(19)13-7-10-18(25)23-11-5-2-6-12-23/h3-4,8-9,14H,2,5-7,10-13H2,1H3. The summed E-state index contributed by atoms with van der Waals surface area (Å²) in [5, 5.41) is 6.09. The van der Waals surface area contributed by atoms with E-state index in [-0.39, 0.29) is 11.5 Å². The summed E-state index contributed by atoms with van der Waals surface area (Å²) in [5.41, 5.74) is 1.60. The maximum atomic E-state index is 12.7. The Morgan fingerprint density at radius 1 is 1.12 bits per heavy atom. The molecule has 6 nitrogen and oxygen atoms in total. The minimum absolute atomic E-state index is 0.0962. The molecule has 0 atom stereocenters. The number of rotatable bonds is 4. The average molecular weight is 352 g/mol. The second-order valence-corrected chi connectivity index (χ2v) is 7.05. The van der Waals surface area contributed by atoms with Crippen LogP contribution in [0.5, 0.6) is 0 Å². The van der Waals surface area contributed by atoms with Crippen molar-refractivity contribution in [3.05, 3.63) is 40.8 Å². The maximum Gasteiger partial charge on any atom is 0.291 e. The van der Waals surface area contributed by atoms with Crippen LogP contribution < -0.4 is 5.56 Å². The van der Waals surface area contributed by atoms with Crippen LogP contribution in [0.2, 0.25) is 0 Å². The van der Waals surface area contributed by atoms with Crippen molar-refractivity contribution < 1.29 is 4.79 Å². The van der Waals surface area contributed by atoms with Crippen LogP contribution >= 0.6 is 0 Å². The van der Waals surface area contributed by atoms with Gasteiger partial charge in [0.05, 0.1) is 6.20 Å². The lowest BCUT2D eigenvalue weighted by Gasteiger charge is -2.26. The van der Waals surface area contributed by atoms with Crippen LogP contribution in [0.4, 0.5) is 0 Å². The summed E-state index contributed by atoms with van der Waals surface area (Å²) >= 11 is 0. The van der Waals surface area contributed by atoms with Crippen molar-refractivity contribution in [2.45, 2.75) is 38.6 Å². The van der Waals surface area contributed by atoms with Gasteiger partial charge in [0.2, 0.25) is 5.91 Å². The van der Waals surface area contributed by atoms with Crippen molar-refractivity contribution in [1.29, 1.82) is 0 Å². The van der Waals surface area contributed by atoms with Crippen LogP contribution in [0.15, 0.2) is 35.3 Å². The molecule has 26 heavy (non-hydrogen) atoms. The van der Waals surface area contributed by atoms with E-state index in [0.29, 0.717) is 18.5 Å². The van der Waals surface area contributed by atoms with Gasteiger partial charge in [0.1, 0.15) is 5.52 Å². The fourth-order valence-corrected chi connectivity index (χ4v) is 3.96. The number of amides is 1. The van der Waals surface area contributed by atoms with Crippen LogP contribution in [0, 0.1) is 0 Å². The molecule has 2 aromatic heterocycles. The van der Waals surface area contributed by atoms with E-state index in [2.05, 4.69) is 9.67 Å². The smallest absolute Gasteiger partial charge is 0.291 e. The average Bonchev–Trinajstić information content (AvgIpc) is 3.00. The van der Waals surface area contributed by atoms with Gasteiger partial charge in [-0.2, -0.15) is 5.10 Å². The van der Waals surface area contributed by atoms with Crippen LogP contribution in [-0.2, 0) is 18.4 Å². The zero-order valence-corrected chi connectivity index (χ0v) is 15.1. The first-order valence-corrected chi connectivity index (χ1v) is 9.38. The number of fused-ring (bicyclic) bond motifs is 3. The zero-order chi connectivity index (χ0) is 18.1. The molecule has 4 rings (SSSR count). The predicted octanol–water partition coefficient (Wildman–Crippen LogP) is 2.68. The second kappa shape index (κ2) is 6.94. The number of nitrogens with zero attached hydrogens (tertiary/aromatic N) is 4. The number of carbonyl (C=O) groups excluding carboxylic acids is 1. The van der Waals surface area contributed by atoms with Gasteiger partial charge in [-0.1, -0.05) is 18.2 Å². The molecule has 0 spiro atoms. The lowest BCUT2D eigenvalue weighted by atomic mass is 10.1. The van der Waals surface area contributed by atoms with Gasteiger partial charge >= 0.3 is 0 Å². The van der Waals surface area contributed by atoms with Crippen molar-refractivity contribution in [3.63, 3.8) is 0 Å². The molecule has 0 unspecified atom stereocenters. The topological polar surface area (TPSA) is 60.1 Å². The fourth-order valence-electron chi connectivity index (χ4n) is 3.96. The number of carbonyl (C=O) groups is 1. The Labute approximate surface area is 152 Å². The molecule has 1 fully saturated rings. The Morgan fingerprint density at radius 2 is 1.88 bits per heavy atom. The van der Waals surface area contributed by atoms with E-state index in [1.165, 1.54) is 11.1 Å². The number of hydrogen-bond donors (Lipinski definition) is 0. The summed E-state index contributed by atoms with van der Waals surface area (Å²) in [6.45, 7) is 2.43. The van der Waals surface area contributed by atoms with Crippen molar-refractivity contribution in [3.8, 4) is 0 Å². The Hall–Kier alpha value is -2.63. The van der Waals surface area contributed by atoms with Crippen LogP contribution in [0.1, 0.15) is 32.1 Å². The highest BCUT2D eigenvalue weighted by Crippen LogP contribution is 2.26. The molecule has 0 N–H and O–H groups in total. The van der Waals surface area contributed by atoms with Gasteiger partial charge in [-0.25, -0.2) is 4.68 Å². The van der Waals surface area contributed by atoms with E-state index < -0.39 is 0 Å². The summed E-state index contributed by atoms with van der Waals surface area (Å²) in [4.78, 5) is 27.1. The van der Waals surface area contributed by atoms with Gasteiger partial charge in [-0.15, -0.1) is 0 Å². The number of likely N-dealkylation sites (tertiary alicyclic amines) is 1. The quantitative estimate of drug-likeness (QED) is 0.725. The lowest BCUT2D eigenvalue weighted by Crippen LogP contribution is -2.35. The Morgan fingerprint density at radius 3 is 2.69 bits per heavy atom. The number of benzene rings is 1. The molecular formula is C20H24N4O2. The fraction of sp³-hybridized carbons (Fsp3) is 0.450. The molecule has 0 saturated carbocycles. The number of hydrogen-bond acceptors (Lipinski definition) is 3. The van der Waals surface area contributed by atoms with Gasteiger partial charge in [-0.05, 0) is 31.7 Å². The minimum Gasteiger partial charge on any atom is -0.343 e. The second-order valence-electron chi connectivity index (χ2n) is 7.05. The van der Waals surface area contributed by atoms with Crippen molar-refractivity contribution in [2.75, 3.05) is 13.1 Å². The van der Waals surface area contributed by atoms with Gasteiger partial charge in [0.15, 0.2) is 0 Å². The molecule has 1 aromatic carbocycles. The van der Waals surface area contributed by atoms with E-state index in [4.69, 9.17) is 0 Å². The van der Waals surface area contributed by atoms with Gasteiger partial charge in [0.25, 0.3) is 5.56 Å². The molecule has 1 aliphatic heterocycles. The monoisotopic (exact) mass is 352 g/mol. The predicted molar refractivity (Wildman–Crippen MR) is 102 cm³/mol. The Balaban J connectivity index is 1.62. The Bertz CT molecular complexity index is 1010. The normalized spacial score (nSPS) is 15.0. The SMILES string of the molecule is Cn1ncc2c3ccccc3n(CCCC(=O)N3CCCCC3)c2c1=O. The van der Waals surface area contributed by atoms with Crippen LogP contribution in [-0.4, -0.2) is 38.2 Å². The highest BCUT2D eigenvalue weighted by Gasteiger charge is 2.18. The van der Waals surface area contributed by atoms with Crippen molar-refractivity contribution in [1.82, 2.24) is 19.2 Å². The van der Waals surface area contributed by atoms with E-state index >= 15 is 0 Å². The van der Waals surface area contributed by atoms with Crippen molar-refractivity contribution in [2.24, 2.45) is 7.05 Å². The Kier molecular flexibility index (Phi) is 4.49. The molecule has 3 heterocycles. The minimum atomic E-state index is -0.0962. The molecule has 0 bridgehead atoms. The molecule has 3 aromatic rings. The number of para-hydroxylation sites is 1. The van der Waals surface area contributed by atoms with E-state index in [1.54, 1.807) is 13.2 Å². The molecule has 0 aliphatic carbocycles. The molecule has 0 radical (unpaired) electrons. The summed E-state index contributed by atoms with van der Waals surface area (Å²) in [7, 11) is 1.67. The first kappa shape index (κ1) is 16.8. The van der Waals surface area contributed by atoms with Gasteiger partial charge in [-0.3, -0.25) is 9.59 Å². The van der Waals surface area contributed by atoms with Gasteiger partial charge in [0, 0.05) is 49.4 Å². The highest BCUT2D eigenvalue weighted by atomic mass is 16.2. The third-order valence-electron chi connectivity index (χ3n) is 5.35.